The van der Waals surface area contributed by atoms with Crippen LogP contribution >= 0.6 is 0 Å². The van der Waals surface area contributed by atoms with E-state index in [1.165, 1.54) is 6.08 Å². The molecule has 0 aliphatic rings. The molecule has 2 nitrogen and oxygen atoms in total. The highest BCUT2D eigenvalue weighted by Gasteiger charge is 2.03. The molecule has 0 fully saturated rings. The van der Waals surface area contributed by atoms with Gasteiger partial charge in [-0.1, -0.05) is 6.92 Å². The molecule has 11 heavy (non-hydrogen) atoms. The summed E-state index contributed by atoms with van der Waals surface area (Å²) in [6.07, 6.45) is 1.53. The summed E-state index contributed by atoms with van der Waals surface area (Å²) in [5, 5.41) is 0. The number of allylic oxidation sites excluding steroid dienone is 1. The molecule has 0 N–H and O–H groups in total. The molecule has 64 valence electrons. The normalized spacial score (nSPS) is 12.3. The van der Waals surface area contributed by atoms with Gasteiger partial charge < -0.3 is 4.90 Å². The predicted molar refractivity (Wildman–Crippen MR) is 43.0 cm³/mol. The zero-order chi connectivity index (χ0) is 8.85. The fourth-order valence-electron chi connectivity index (χ4n) is 0.545. The van der Waals surface area contributed by atoms with Crippen LogP contribution in [0.15, 0.2) is 11.9 Å². The molecule has 0 heterocycles. The van der Waals surface area contributed by atoms with Gasteiger partial charge in [-0.15, -0.1) is 0 Å². The molecule has 0 aliphatic carbocycles. The van der Waals surface area contributed by atoms with Crippen LogP contribution in [0.2, 0.25) is 0 Å². The van der Waals surface area contributed by atoms with E-state index in [-0.39, 0.29) is 6.42 Å². The molecule has 0 rings (SSSR count). The highest BCUT2D eigenvalue weighted by Crippen LogP contribution is 2.00. The second-order valence-electron chi connectivity index (χ2n) is 2.59. The summed E-state index contributed by atoms with van der Waals surface area (Å²) in [5.74, 6) is -1.05. The number of rotatable bonds is 4. The molecule has 0 aliphatic heterocycles. The molecular weight excluding hydrogens is 145 g/mol. The molecule has 0 aromatic carbocycles. The SMILES string of the molecule is CCC(=O)/C(F)=C\CN(C)C. The van der Waals surface area contributed by atoms with Crippen molar-refractivity contribution in [2.24, 2.45) is 0 Å². The Morgan fingerprint density at radius 2 is 2.09 bits per heavy atom. The van der Waals surface area contributed by atoms with E-state index in [1.54, 1.807) is 11.8 Å². The number of Topliss-reactive ketones (excluding diaryl/α,β-unsaturated/α-hetero) is 1. The van der Waals surface area contributed by atoms with Crippen LogP contribution in [0.4, 0.5) is 4.39 Å². The van der Waals surface area contributed by atoms with E-state index in [9.17, 15) is 9.18 Å². The Morgan fingerprint density at radius 1 is 1.55 bits per heavy atom. The zero-order valence-electron chi connectivity index (χ0n) is 7.22. The molecule has 0 saturated carbocycles. The van der Waals surface area contributed by atoms with Crippen molar-refractivity contribution in [3.05, 3.63) is 11.9 Å². The molecule has 0 saturated heterocycles. The van der Waals surface area contributed by atoms with Crippen LogP contribution in [0.3, 0.4) is 0 Å². The van der Waals surface area contributed by atoms with Crippen molar-refractivity contribution in [1.82, 2.24) is 4.90 Å². The summed E-state index contributed by atoms with van der Waals surface area (Å²) in [7, 11) is 3.64. The van der Waals surface area contributed by atoms with Crippen molar-refractivity contribution in [2.75, 3.05) is 20.6 Å². The van der Waals surface area contributed by atoms with Gasteiger partial charge in [-0.05, 0) is 20.2 Å². The first-order valence-electron chi connectivity index (χ1n) is 3.61. The topological polar surface area (TPSA) is 20.3 Å². The molecule has 0 aromatic heterocycles. The molecular formula is C8H14FNO. The maximum atomic E-state index is 12.6. The minimum absolute atomic E-state index is 0.232. The lowest BCUT2D eigenvalue weighted by molar-refractivity contribution is -0.116. The number of carbonyl (C=O) groups is 1. The van der Waals surface area contributed by atoms with Crippen LogP contribution in [0.1, 0.15) is 13.3 Å². The van der Waals surface area contributed by atoms with E-state index in [0.717, 1.165) is 0 Å². The fourth-order valence-corrected chi connectivity index (χ4v) is 0.545. The fraction of sp³-hybridized carbons (Fsp3) is 0.625. The van der Waals surface area contributed by atoms with E-state index in [4.69, 9.17) is 0 Å². The Bertz CT molecular complexity index is 163. The highest BCUT2D eigenvalue weighted by molar-refractivity contribution is 5.92. The lowest BCUT2D eigenvalue weighted by Crippen LogP contribution is -2.11. The molecule has 3 heteroatoms. The predicted octanol–water partition coefficient (Wildman–Crippen LogP) is 1.38. The van der Waals surface area contributed by atoms with Crippen LogP contribution < -0.4 is 0 Å². The molecule has 0 amide bonds. The minimum atomic E-state index is -0.624. The van der Waals surface area contributed by atoms with E-state index in [0.29, 0.717) is 6.54 Å². The van der Waals surface area contributed by atoms with Crippen molar-refractivity contribution in [2.45, 2.75) is 13.3 Å². The number of nitrogens with zero attached hydrogens (tertiary/aromatic N) is 1. The maximum Gasteiger partial charge on any atom is 0.190 e. The van der Waals surface area contributed by atoms with Crippen molar-refractivity contribution in [3.63, 3.8) is 0 Å². The lowest BCUT2D eigenvalue weighted by Gasteiger charge is -2.03. The van der Waals surface area contributed by atoms with Gasteiger partial charge in [-0.2, -0.15) is 0 Å². The van der Waals surface area contributed by atoms with Crippen LogP contribution in [0.25, 0.3) is 0 Å². The van der Waals surface area contributed by atoms with Gasteiger partial charge in [0.05, 0.1) is 0 Å². The average Bonchev–Trinajstić information content (AvgIpc) is 1.98. The van der Waals surface area contributed by atoms with Crippen LogP contribution in [-0.2, 0) is 4.79 Å². The summed E-state index contributed by atoms with van der Waals surface area (Å²) >= 11 is 0. The molecule has 0 radical (unpaired) electrons. The third-order valence-electron chi connectivity index (χ3n) is 1.22. The van der Waals surface area contributed by atoms with E-state index < -0.39 is 11.6 Å². The van der Waals surface area contributed by atoms with Crippen LogP contribution in [0, 0.1) is 0 Å². The molecule has 0 atom stereocenters. The van der Waals surface area contributed by atoms with Crippen LogP contribution in [-0.4, -0.2) is 31.3 Å². The lowest BCUT2D eigenvalue weighted by atomic mass is 10.2. The molecule has 0 spiro atoms. The zero-order valence-corrected chi connectivity index (χ0v) is 7.22. The molecule has 0 unspecified atom stereocenters. The van der Waals surface area contributed by atoms with Gasteiger partial charge in [0, 0.05) is 13.0 Å². The van der Waals surface area contributed by atoms with Gasteiger partial charge in [0.25, 0.3) is 0 Å². The maximum absolute atomic E-state index is 12.6. The first-order valence-corrected chi connectivity index (χ1v) is 3.61. The Kier molecular flexibility index (Phi) is 4.70. The number of ketones is 1. The summed E-state index contributed by atoms with van der Waals surface area (Å²) in [4.78, 5) is 12.5. The van der Waals surface area contributed by atoms with E-state index in [2.05, 4.69) is 0 Å². The molecule has 0 bridgehead atoms. The van der Waals surface area contributed by atoms with Crippen molar-refractivity contribution < 1.29 is 9.18 Å². The Hall–Kier alpha value is -0.700. The summed E-state index contributed by atoms with van der Waals surface area (Å²) in [6.45, 7) is 2.11. The van der Waals surface area contributed by atoms with Crippen molar-refractivity contribution in [3.8, 4) is 0 Å². The Labute approximate surface area is 66.7 Å². The summed E-state index contributed by atoms with van der Waals surface area (Å²) in [5.41, 5.74) is 0. The Morgan fingerprint density at radius 3 is 2.45 bits per heavy atom. The largest absolute Gasteiger partial charge is 0.306 e. The third-order valence-corrected chi connectivity index (χ3v) is 1.22. The van der Waals surface area contributed by atoms with Gasteiger partial charge in [0.15, 0.2) is 11.6 Å². The quantitative estimate of drug-likeness (QED) is 0.577. The molecule has 0 aromatic rings. The number of likely N-dealkylation sites (N-methyl/N-ethyl adjacent to an activating group) is 1. The van der Waals surface area contributed by atoms with Crippen molar-refractivity contribution >= 4 is 5.78 Å². The third kappa shape index (κ3) is 4.67. The number of halogens is 1. The second kappa shape index (κ2) is 5.02. The van der Waals surface area contributed by atoms with Gasteiger partial charge in [-0.25, -0.2) is 4.39 Å². The van der Waals surface area contributed by atoms with Gasteiger partial charge in [0.1, 0.15) is 0 Å². The van der Waals surface area contributed by atoms with Gasteiger partial charge >= 0.3 is 0 Å². The summed E-state index contributed by atoms with van der Waals surface area (Å²) in [6, 6.07) is 0. The smallest absolute Gasteiger partial charge is 0.190 e. The first-order chi connectivity index (χ1) is 5.07. The van der Waals surface area contributed by atoms with Crippen LogP contribution in [0.5, 0.6) is 0 Å². The Balaban J connectivity index is 3.90. The van der Waals surface area contributed by atoms with E-state index in [1.807, 2.05) is 14.1 Å². The summed E-state index contributed by atoms with van der Waals surface area (Å²) < 4.78 is 12.6. The first kappa shape index (κ1) is 10.3. The van der Waals surface area contributed by atoms with Gasteiger partial charge in [-0.3, -0.25) is 4.79 Å². The average molecular weight is 159 g/mol. The minimum Gasteiger partial charge on any atom is -0.306 e. The highest BCUT2D eigenvalue weighted by atomic mass is 19.1. The number of hydrogen-bond acceptors (Lipinski definition) is 2. The second-order valence-corrected chi connectivity index (χ2v) is 2.59. The van der Waals surface area contributed by atoms with Gasteiger partial charge in [0.2, 0.25) is 0 Å². The number of carbonyl (C=O) groups excluding carboxylic acids is 1. The van der Waals surface area contributed by atoms with E-state index >= 15 is 0 Å². The van der Waals surface area contributed by atoms with Crippen molar-refractivity contribution in [1.29, 1.82) is 0 Å². The monoisotopic (exact) mass is 159 g/mol. The number of hydrogen-bond donors (Lipinski definition) is 0. The standard InChI is InChI=1S/C8H14FNO/c1-4-8(11)7(9)5-6-10(2)3/h5H,4,6H2,1-3H3/b7-5+.